The zero-order valence-corrected chi connectivity index (χ0v) is 10.3. The Labute approximate surface area is 93.4 Å². The van der Waals surface area contributed by atoms with Crippen molar-refractivity contribution < 1.29 is 9.84 Å². The van der Waals surface area contributed by atoms with Crippen LogP contribution in [0.5, 0.6) is 0 Å². The molecule has 2 unspecified atom stereocenters. The average Bonchev–Trinajstić information content (AvgIpc) is 2.21. The van der Waals surface area contributed by atoms with E-state index >= 15 is 0 Å². The molecule has 0 fully saturated rings. The van der Waals surface area contributed by atoms with Gasteiger partial charge in [0, 0.05) is 26.2 Å². The molecule has 3 N–H and O–H groups in total. The van der Waals surface area contributed by atoms with Gasteiger partial charge in [0.25, 0.3) is 0 Å². The lowest BCUT2D eigenvalue weighted by Gasteiger charge is -2.21. The van der Waals surface area contributed by atoms with Crippen molar-refractivity contribution in [1.82, 2.24) is 4.90 Å². The van der Waals surface area contributed by atoms with E-state index in [0.29, 0.717) is 6.54 Å². The van der Waals surface area contributed by atoms with E-state index in [9.17, 15) is 0 Å². The Hall–Kier alpha value is -0.160. The van der Waals surface area contributed by atoms with Crippen LogP contribution < -0.4 is 5.73 Å². The van der Waals surface area contributed by atoms with Gasteiger partial charge in [-0.2, -0.15) is 0 Å². The number of aliphatic hydroxyl groups excluding tert-OH is 1. The first-order chi connectivity index (χ1) is 7.10. The summed E-state index contributed by atoms with van der Waals surface area (Å²) in [4.78, 5) is 2.20. The monoisotopic (exact) mass is 218 g/mol. The highest BCUT2D eigenvalue weighted by Gasteiger charge is 2.08. The first-order valence-corrected chi connectivity index (χ1v) is 5.78. The Morgan fingerprint density at radius 3 is 2.40 bits per heavy atom. The topological polar surface area (TPSA) is 58.7 Å². The van der Waals surface area contributed by atoms with Gasteiger partial charge in [-0.15, -0.1) is 0 Å². The summed E-state index contributed by atoms with van der Waals surface area (Å²) in [5.41, 5.74) is 5.58. The van der Waals surface area contributed by atoms with E-state index in [1.807, 2.05) is 13.8 Å². The van der Waals surface area contributed by atoms with Gasteiger partial charge in [-0.05, 0) is 33.7 Å². The minimum Gasteiger partial charge on any atom is -0.393 e. The minimum absolute atomic E-state index is 0.170. The van der Waals surface area contributed by atoms with E-state index in [0.717, 1.165) is 32.5 Å². The van der Waals surface area contributed by atoms with Crippen LogP contribution >= 0.6 is 0 Å². The largest absolute Gasteiger partial charge is 0.393 e. The summed E-state index contributed by atoms with van der Waals surface area (Å²) in [7, 11) is 2.06. The molecule has 0 saturated heterocycles. The molecular formula is C11H26N2O2. The van der Waals surface area contributed by atoms with Crippen molar-refractivity contribution in [2.24, 2.45) is 5.73 Å². The highest BCUT2D eigenvalue weighted by atomic mass is 16.5. The Bertz CT molecular complexity index is 143. The Balaban J connectivity index is 3.54. The molecule has 0 rings (SSSR count). The van der Waals surface area contributed by atoms with Gasteiger partial charge in [-0.3, -0.25) is 0 Å². The van der Waals surface area contributed by atoms with Gasteiger partial charge in [0.05, 0.1) is 12.2 Å². The van der Waals surface area contributed by atoms with Crippen LogP contribution in [0.2, 0.25) is 0 Å². The lowest BCUT2D eigenvalue weighted by atomic mass is 10.2. The maximum atomic E-state index is 9.14. The summed E-state index contributed by atoms with van der Waals surface area (Å²) < 4.78 is 5.47. The maximum Gasteiger partial charge on any atom is 0.0709 e. The normalized spacial score (nSPS) is 15.6. The molecule has 0 aliphatic rings. The fourth-order valence-electron chi connectivity index (χ4n) is 1.39. The number of nitrogens with zero attached hydrogens (tertiary/aromatic N) is 1. The van der Waals surface area contributed by atoms with Crippen molar-refractivity contribution in [1.29, 1.82) is 0 Å². The van der Waals surface area contributed by atoms with E-state index in [1.165, 1.54) is 0 Å². The second kappa shape index (κ2) is 9.09. The number of hydrogen-bond acceptors (Lipinski definition) is 4. The maximum absolute atomic E-state index is 9.14. The number of rotatable bonds is 9. The average molecular weight is 218 g/mol. The third kappa shape index (κ3) is 8.81. The van der Waals surface area contributed by atoms with E-state index in [1.54, 1.807) is 0 Å². The van der Waals surface area contributed by atoms with Crippen molar-refractivity contribution in [2.45, 2.75) is 38.9 Å². The molecule has 0 spiro atoms. The fourth-order valence-corrected chi connectivity index (χ4v) is 1.39. The van der Waals surface area contributed by atoms with Gasteiger partial charge in [0.1, 0.15) is 0 Å². The van der Waals surface area contributed by atoms with E-state index in [2.05, 4.69) is 11.9 Å². The molecule has 0 heterocycles. The van der Waals surface area contributed by atoms with Crippen LogP contribution in [0.4, 0.5) is 0 Å². The van der Waals surface area contributed by atoms with Crippen molar-refractivity contribution in [3.63, 3.8) is 0 Å². The predicted octanol–water partition coefficient (Wildman–Crippen LogP) is 0.443. The molecule has 4 nitrogen and oxygen atoms in total. The lowest BCUT2D eigenvalue weighted by molar-refractivity contribution is 0.0553. The summed E-state index contributed by atoms with van der Waals surface area (Å²) >= 11 is 0. The molecule has 92 valence electrons. The van der Waals surface area contributed by atoms with Crippen molar-refractivity contribution in [3.8, 4) is 0 Å². The second-order valence-electron chi connectivity index (χ2n) is 4.04. The first kappa shape index (κ1) is 14.8. The zero-order valence-electron chi connectivity index (χ0n) is 10.3. The van der Waals surface area contributed by atoms with E-state index < -0.39 is 0 Å². The van der Waals surface area contributed by atoms with Gasteiger partial charge in [0.15, 0.2) is 0 Å². The molecule has 0 aromatic heterocycles. The molecule has 0 aromatic carbocycles. The molecule has 0 aliphatic heterocycles. The summed E-state index contributed by atoms with van der Waals surface area (Å²) in [6.45, 7) is 6.99. The highest BCUT2D eigenvalue weighted by Crippen LogP contribution is 2.00. The van der Waals surface area contributed by atoms with Crippen LogP contribution in [0, 0.1) is 0 Å². The molecule has 4 heteroatoms. The van der Waals surface area contributed by atoms with Crippen LogP contribution in [0.15, 0.2) is 0 Å². The van der Waals surface area contributed by atoms with Crippen molar-refractivity contribution in [2.75, 3.05) is 33.3 Å². The Morgan fingerprint density at radius 2 is 1.93 bits per heavy atom. The number of nitrogens with two attached hydrogens (primary N) is 1. The molecule has 0 amide bonds. The molecule has 0 aliphatic carbocycles. The van der Waals surface area contributed by atoms with Crippen LogP contribution in [0.3, 0.4) is 0 Å². The number of aliphatic hydroxyl groups is 1. The Kier molecular flexibility index (Phi) is 9.00. The van der Waals surface area contributed by atoms with Gasteiger partial charge >= 0.3 is 0 Å². The van der Waals surface area contributed by atoms with E-state index in [4.69, 9.17) is 15.6 Å². The van der Waals surface area contributed by atoms with Crippen LogP contribution in [0.1, 0.15) is 26.7 Å². The molecule has 2 atom stereocenters. The first-order valence-electron chi connectivity index (χ1n) is 5.78. The van der Waals surface area contributed by atoms with E-state index in [-0.39, 0.29) is 12.2 Å². The number of ether oxygens (including phenoxy) is 1. The van der Waals surface area contributed by atoms with Crippen LogP contribution in [0.25, 0.3) is 0 Å². The van der Waals surface area contributed by atoms with Gasteiger partial charge in [-0.1, -0.05) is 0 Å². The minimum atomic E-state index is -0.218. The zero-order chi connectivity index (χ0) is 11.7. The molecular weight excluding hydrogens is 192 g/mol. The summed E-state index contributed by atoms with van der Waals surface area (Å²) in [5, 5.41) is 9.14. The van der Waals surface area contributed by atoms with Gasteiger partial charge in [-0.25, -0.2) is 0 Å². The molecule has 0 radical (unpaired) electrons. The fraction of sp³-hybridized carbons (Fsp3) is 1.00. The summed E-state index contributed by atoms with van der Waals surface area (Å²) in [6, 6.07) is 0. The third-order valence-corrected chi connectivity index (χ3v) is 2.43. The molecule has 0 aromatic rings. The predicted molar refractivity (Wildman–Crippen MR) is 62.9 cm³/mol. The van der Waals surface area contributed by atoms with Crippen LogP contribution in [-0.2, 0) is 4.74 Å². The lowest BCUT2D eigenvalue weighted by Crippen LogP contribution is -2.31. The van der Waals surface area contributed by atoms with Crippen molar-refractivity contribution >= 4 is 0 Å². The molecule has 15 heavy (non-hydrogen) atoms. The molecule has 0 bridgehead atoms. The van der Waals surface area contributed by atoms with Gasteiger partial charge < -0.3 is 20.5 Å². The van der Waals surface area contributed by atoms with Crippen LogP contribution in [-0.4, -0.2) is 55.5 Å². The Morgan fingerprint density at radius 1 is 1.33 bits per heavy atom. The quantitative estimate of drug-likeness (QED) is 0.590. The summed E-state index contributed by atoms with van der Waals surface area (Å²) in [5.74, 6) is 0. The number of hydrogen-bond donors (Lipinski definition) is 2. The smallest absolute Gasteiger partial charge is 0.0709 e. The standard InChI is InChI=1S/C11H26N2O2/c1-4-15-11(9-12)6-8-13(3)7-5-10(2)14/h10-11,14H,4-9,12H2,1-3H3. The third-order valence-electron chi connectivity index (χ3n) is 2.43. The second-order valence-corrected chi connectivity index (χ2v) is 4.04. The van der Waals surface area contributed by atoms with Gasteiger partial charge in [0.2, 0.25) is 0 Å². The SMILES string of the molecule is CCOC(CN)CCN(C)CCC(C)O. The summed E-state index contributed by atoms with van der Waals surface area (Å²) in [6.07, 6.45) is 1.73. The molecule has 0 saturated carbocycles. The highest BCUT2D eigenvalue weighted by molar-refractivity contribution is 4.62. The van der Waals surface area contributed by atoms with Crippen molar-refractivity contribution in [3.05, 3.63) is 0 Å².